The van der Waals surface area contributed by atoms with E-state index in [2.05, 4.69) is 341 Å². The highest BCUT2D eigenvalue weighted by molar-refractivity contribution is 6.13. The Morgan fingerprint density at radius 2 is 0.569 bits per heavy atom. The molecule has 0 fully saturated rings. The number of hydrogen-bond acceptors (Lipinski definition) is 3. The average molecular weight is 1320 g/mol. The van der Waals surface area contributed by atoms with Crippen LogP contribution < -0.4 is 0 Å². The van der Waals surface area contributed by atoms with Crippen molar-refractivity contribution >= 4 is 98.4 Å². The minimum Gasteiger partial charge on any atom is -0.456 e. The van der Waals surface area contributed by atoms with Gasteiger partial charge in [0, 0.05) is 54.3 Å². The summed E-state index contributed by atoms with van der Waals surface area (Å²) in [6.07, 6.45) is 0. The third-order valence-electron chi connectivity index (χ3n) is 19.2. The molecule has 0 aliphatic carbocycles. The van der Waals surface area contributed by atoms with Crippen LogP contribution in [0.25, 0.3) is 149 Å². The molecule has 0 bridgehead atoms. The number of benzene rings is 15. The monoisotopic (exact) mass is 1320 g/mol. The van der Waals surface area contributed by atoms with E-state index in [0.29, 0.717) is 0 Å². The Bertz CT molecular complexity index is 6160. The molecular weight excluding hydrogens is 1240 g/mol. The number of rotatable bonds is 5. The van der Waals surface area contributed by atoms with E-state index in [1.165, 1.54) is 165 Å². The van der Waals surface area contributed by atoms with E-state index in [9.17, 15) is 0 Å². The van der Waals surface area contributed by atoms with Crippen LogP contribution in [0, 0.1) is 69.2 Å². The van der Waals surface area contributed by atoms with Crippen molar-refractivity contribution in [2.75, 3.05) is 0 Å². The average Bonchev–Trinajstić information content (AvgIpc) is 1.60. The summed E-state index contributed by atoms with van der Waals surface area (Å²) in [6.45, 7) is 21.4. The zero-order valence-corrected chi connectivity index (χ0v) is 59.6. The summed E-state index contributed by atoms with van der Waals surface area (Å²) in [5.74, 6) is 0. The molecular formula is C98H81NO3. The van der Waals surface area contributed by atoms with E-state index in [1.54, 1.807) is 0 Å². The quantitative estimate of drug-likeness (QED) is 0.172. The summed E-state index contributed by atoms with van der Waals surface area (Å²) >= 11 is 0. The summed E-state index contributed by atoms with van der Waals surface area (Å²) in [6, 6.07) is 110. The van der Waals surface area contributed by atoms with E-state index in [0.717, 1.165) is 39.1 Å². The number of hydrogen-bond donors (Lipinski definition) is 0. The second kappa shape index (κ2) is 28.2. The Labute approximate surface area is 597 Å². The lowest BCUT2D eigenvalue weighted by atomic mass is 9.96. The van der Waals surface area contributed by atoms with Gasteiger partial charge in [0.15, 0.2) is 0 Å². The Balaban J connectivity index is 0.000000103. The fourth-order valence-corrected chi connectivity index (χ4v) is 15.1. The van der Waals surface area contributed by atoms with Gasteiger partial charge in [-0.05, 0) is 197 Å². The van der Waals surface area contributed by atoms with Gasteiger partial charge in [0.05, 0.1) is 11.0 Å². The number of furan rings is 3. The van der Waals surface area contributed by atoms with Crippen LogP contribution in [0.3, 0.4) is 0 Å². The van der Waals surface area contributed by atoms with E-state index in [1.807, 2.05) is 42.5 Å². The van der Waals surface area contributed by atoms with Crippen LogP contribution >= 0.6 is 0 Å². The molecule has 4 heteroatoms. The molecule has 0 amide bonds. The highest BCUT2D eigenvalue weighted by Gasteiger charge is 2.16. The molecule has 0 aliphatic rings. The molecule has 102 heavy (non-hydrogen) atoms. The van der Waals surface area contributed by atoms with Gasteiger partial charge in [-0.15, -0.1) is 0 Å². The van der Waals surface area contributed by atoms with E-state index >= 15 is 0 Å². The van der Waals surface area contributed by atoms with Crippen LogP contribution in [0.15, 0.2) is 323 Å². The molecule has 19 aromatic rings. The fraction of sp³-hybridized carbons (Fsp3) is 0.102. The van der Waals surface area contributed by atoms with Crippen molar-refractivity contribution in [2.24, 2.45) is 0 Å². The molecule has 496 valence electrons. The second-order valence-corrected chi connectivity index (χ2v) is 27.6. The molecule has 4 nitrogen and oxygen atoms in total. The Morgan fingerprint density at radius 3 is 1.13 bits per heavy atom. The lowest BCUT2D eigenvalue weighted by Crippen LogP contribution is -1.95. The van der Waals surface area contributed by atoms with E-state index in [-0.39, 0.29) is 0 Å². The van der Waals surface area contributed by atoms with Crippen molar-refractivity contribution in [3.63, 3.8) is 0 Å². The third-order valence-corrected chi connectivity index (χ3v) is 19.2. The second-order valence-electron chi connectivity index (χ2n) is 27.6. The predicted molar refractivity (Wildman–Crippen MR) is 435 cm³/mol. The van der Waals surface area contributed by atoms with Gasteiger partial charge in [-0.1, -0.05) is 287 Å². The summed E-state index contributed by atoms with van der Waals surface area (Å²) in [4.78, 5) is 0. The smallest absolute Gasteiger partial charge is 0.143 e. The number of para-hydroxylation sites is 6. The molecule has 19 rings (SSSR count). The Morgan fingerprint density at radius 1 is 0.206 bits per heavy atom. The van der Waals surface area contributed by atoms with Gasteiger partial charge in [0.2, 0.25) is 0 Å². The van der Waals surface area contributed by atoms with Crippen LogP contribution in [-0.4, -0.2) is 4.57 Å². The van der Waals surface area contributed by atoms with Crippen LogP contribution in [0.5, 0.6) is 0 Å². The van der Waals surface area contributed by atoms with Crippen molar-refractivity contribution in [3.05, 3.63) is 365 Å². The molecule has 0 saturated heterocycles. The first-order chi connectivity index (χ1) is 49.6. The third kappa shape index (κ3) is 13.7. The molecule has 0 radical (unpaired) electrons. The Hall–Kier alpha value is -12.2. The van der Waals surface area contributed by atoms with Crippen molar-refractivity contribution in [1.29, 1.82) is 0 Å². The minimum atomic E-state index is 0.948. The highest BCUT2D eigenvalue weighted by Crippen LogP contribution is 2.40. The van der Waals surface area contributed by atoms with Gasteiger partial charge in [-0.3, -0.25) is 0 Å². The van der Waals surface area contributed by atoms with Crippen molar-refractivity contribution in [1.82, 2.24) is 4.57 Å². The maximum Gasteiger partial charge on any atom is 0.143 e. The van der Waals surface area contributed by atoms with Crippen LogP contribution in [0.2, 0.25) is 0 Å². The van der Waals surface area contributed by atoms with Crippen LogP contribution in [0.1, 0.15) is 55.6 Å². The molecule has 0 atom stereocenters. The molecule has 4 aromatic heterocycles. The number of aryl methyl sites for hydroxylation is 10. The zero-order chi connectivity index (χ0) is 70.1. The first-order valence-corrected chi connectivity index (χ1v) is 35.2. The van der Waals surface area contributed by atoms with Crippen molar-refractivity contribution < 1.29 is 13.3 Å². The standard InChI is InChI=1S/C20H17N.3C20H16O.C18H16/c1-14-11-15(2)13-16(12-14)21-19-9-5-3-7-17(19)18-8-4-6-10-20(18)21;1-13-10-14(2)12-15(11-13)16-7-5-8-18-17-6-3-4-9-19(17)21-20(16)18;1-13-10-14(2)12-15(11-13)16-7-5-9-19-20(16)17-6-3-4-8-18(17)21-19;1-13-9-14(2)11-16(10-13)15-7-8-18-17-5-3-4-6-19(17)21-20(18)12-15;1-13-9-14(2)11-18(10-13)17-8-7-15-5-3-4-6-16(15)12-17/h3-13H,1-2H3;3*3-12H,1-2H3;3-12H,1-2H3. The molecule has 0 N–H and O–H groups in total. The lowest BCUT2D eigenvalue weighted by molar-refractivity contribution is 0.668. The van der Waals surface area contributed by atoms with Crippen molar-refractivity contribution in [3.8, 4) is 50.2 Å². The zero-order valence-electron chi connectivity index (χ0n) is 59.6. The van der Waals surface area contributed by atoms with Gasteiger partial charge in [-0.2, -0.15) is 0 Å². The van der Waals surface area contributed by atoms with Crippen LogP contribution in [-0.2, 0) is 0 Å². The summed E-state index contributed by atoms with van der Waals surface area (Å²) in [5, 5.41) is 12.3. The first kappa shape index (κ1) is 65.7. The summed E-state index contributed by atoms with van der Waals surface area (Å²) in [7, 11) is 0. The van der Waals surface area contributed by atoms with E-state index < -0.39 is 0 Å². The van der Waals surface area contributed by atoms with Crippen LogP contribution in [0.4, 0.5) is 0 Å². The molecule has 4 heterocycles. The summed E-state index contributed by atoms with van der Waals surface area (Å²) in [5.41, 5.74) is 32.4. The van der Waals surface area contributed by atoms with Gasteiger partial charge in [0.1, 0.15) is 33.5 Å². The molecule has 0 unspecified atom stereocenters. The molecule has 0 spiro atoms. The van der Waals surface area contributed by atoms with Gasteiger partial charge in [0.25, 0.3) is 0 Å². The van der Waals surface area contributed by atoms with Gasteiger partial charge < -0.3 is 17.8 Å². The first-order valence-electron chi connectivity index (χ1n) is 35.2. The molecule has 0 aliphatic heterocycles. The SMILES string of the molecule is Cc1cc(C)cc(-c2ccc3c(c2)oc2ccccc23)c1.Cc1cc(C)cc(-c2ccc3ccccc3c2)c1.Cc1cc(C)cc(-c2cccc3c2oc2ccccc23)c1.Cc1cc(C)cc(-c2cccc3oc4ccccc4c23)c1.Cc1cc(C)cc(-n2c3ccccc3c3ccccc32)c1. The molecule has 15 aromatic carbocycles. The molecule has 0 saturated carbocycles. The minimum absolute atomic E-state index is 0.948. The van der Waals surface area contributed by atoms with Gasteiger partial charge in [-0.25, -0.2) is 0 Å². The maximum absolute atomic E-state index is 6.12. The normalized spacial score (nSPS) is 11.2. The fourth-order valence-electron chi connectivity index (χ4n) is 15.1. The number of nitrogens with zero attached hydrogens (tertiary/aromatic N) is 1. The van der Waals surface area contributed by atoms with Gasteiger partial charge >= 0.3 is 0 Å². The maximum atomic E-state index is 6.12. The van der Waals surface area contributed by atoms with E-state index in [4.69, 9.17) is 13.3 Å². The highest BCUT2D eigenvalue weighted by atomic mass is 16.3. The topological polar surface area (TPSA) is 44.4 Å². The Kier molecular flexibility index (Phi) is 18.1. The largest absolute Gasteiger partial charge is 0.456 e. The van der Waals surface area contributed by atoms with Crippen molar-refractivity contribution in [2.45, 2.75) is 69.2 Å². The number of fused-ring (bicyclic) bond motifs is 13. The predicted octanol–water partition coefficient (Wildman–Crippen LogP) is 28.1. The summed E-state index contributed by atoms with van der Waals surface area (Å²) < 4.78 is 20.4. The lowest BCUT2D eigenvalue weighted by Gasteiger charge is -2.10. The number of aromatic nitrogens is 1.